The van der Waals surface area contributed by atoms with Gasteiger partial charge in [-0.3, -0.25) is 0 Å². The number of rotatable bonds is 4. The zero-order valence-electron chi connectivity index (χ0n) is 10.8. The van der Waals surface area contributed by atoms with Crippen molar-refractivity contribution in [2.75, 3.05) is 5.32 Å². The maximum absolute atomic E-state index is 5.90. The van der Waals surface area contributed by atoms with E-state index in [1.54, 1.807) is 11.3 Å². The molecule has 0 saturated heterocycles. The van der Waals surface area contributed by atoms with Gasteiger partial charge < -0.3 is 5.32 Å². The molecule has 1 aromatic heterocycles. The van der Waals surface area contributed by atoms with Crippen molar-refractivity contribution in [2.45, 2.75) is 6.54 Å². The Labute approximate surface area is 127 Å². The van der Waals surface area contributed by atoms with Crippen LogP contribution in [-0.2, 0) is 6.54 Å². The molecule has 3 aromatic rings. The number of hydrogen-bond acceptors (Lipinski definition) is 2. The van der Waals surface area contributed by atoms with E-state index in [1.165, 1.54) is 16.0 Å². The molecule has 0 aliphatic heterocycles. The molecule has 0 bridgehead atoms. The van der Waals surface area contributed by atoms with E-state index in [4.69, 9.17) is 11.6 Å². The Bertz CT molecular complexity index is 674. The maximum Gasteiger partial charge on any atom is 0.0430 e. The van der Waals surface area contributed by atoms with E-state index in [1.807, 2.05) is 24.3 Å². The lowest BCUT2D eigenvalue weighted by atomic mass is 10.1. The standard InChI is InChI=1S/C17H14ClNS/c18-14-9-7-13(8-10-14)12-19-16-5-2-1-4-15(16)17-6-3-11-20-17/h1-11,19H,12H2. The summed E-state index contributed by atoms with van der Waals surface area (Å²) >= 11 is 7.66. The summed E-state index contributed by atoms with van der Waals surface area (Å²) in [7, 11) is 0. The molecule has 100 valence electrons. The Morgan fingerprint density at radius 2 is 1.70 bits per heavy atom. The minimum atomic E-state index is 0.771. The topological polar surface area (TPSA) is 12.0 Å². The van der Waals surface area contributed by atoms with Crippen LogP contribution in [0.5, 0.6) is 0 Å². The molecule has 3 heteroatoms. The molecule has 1 heterocycles. The van der Waals surface area contributed by atoms with Gasteiger partial charge in [-0.2, -0.15) is 0 Å². The van der Waals surface area contributed by atoms with Crippen molar-refractivity contribution in [2.24, 2.45) is 0 Å². The first-order chi connectivity index (χ1) is 9.83. The largest absolute Gasteiger partial charge is 0.380 e. The SMILES string of the molecule is Clc1ccc(CNc2ccccc2-c2cccs2)cc1. The van der Waals surface area contributed by atoms with Gasteiger partial charge in [0, 0.05) is 27.7 Å². The molecule has 0 radical (unpaired) electrons. The summed E-state index contributed by atoms with van der Waals surface area (Å²) in [5.41, 5.74) is 3.62. The van der Waals surface area contributed by atoms with Gasteiger partial charge in [0.2, 0.25) is 0 Å². The molecule has 0 saturated carbocycles. The highest BCUT2D eigenvalue weighted by atomic mass is 35.5. The van der Waals surface area contributed by atoms with E-state index in [-0.39, 0.29) is 0 Å². The van der Waals surface area contributed by atoms with Gasteiger partial charge in [-0.15, -0.1) is 11.3 Å². The first kappa shape index (κ1) is 13.2. The zero-order chi connectivity index (χ0) is 13.8. The van der Waals surface area contributed by atoms with Crippen LogP contribution in [0.25, 0.3) is 10.4 Å². The Balaban J connectivity index is 1.79. The average Bonchev–Trinajstić information content (AvgIpc) is 3.01. The Morgan fingerprint density at radius 1 is 0.900 bits per heavy atom. The quantitative estimate of drug-likeness (QED) is 0.653. The number of nitrogens with one attached hydrogen (secondary N) is 1. The van der Waals surface area contributed by atoms with Crippen molar-refractivity contribution in [3.63, 3.8) is 0 Å². The molecule has 0 spiro atoms. The molecule has 0 aliphatic carbocycles. The van der Waals surface area contributed by atoms with Gasteiger partial charge in [0.25, 0.3) is 0 Å². The van der Waals surface area contributed by atoms with Crippen molar-refractivity contribution in [1.29, 1.82) is 0 Å². The first-order valence-corrected chi connectivity index (χ1v) is 7.70. The van der Waals surface area contributed by atoms with E-state index < -0.39 is 0 Å². The van der Waals surface area contributed by atoms with Crippen LogP contribution in [-0.4, -0.2) is 0 Å². The fourth-order valence-electron chi connectivity index (χ4n) is 2.08. The summed E-state index contributed by atoms with van der Waals surface area (Å²) in [6, 6.07) is 20.5. The molecule has 0 unspecified atom stereocenters. The van der Waals surface area contributed by atoms with E-state index in [0.29, 0.717) is 0 Å². The second-order valence-electron chi connectivity index (χ2n) is 4.50. The summed E-state index contributed by atoms with van der Waals surface area (Å²) in [4.78, 5) is 1.28. The predicted octanol–water partition coefficient (Wildman–Crippen LogP) is 5.68. The zero-order valence-corrected chi connectivity index (χ0v) is 12.4. The minimum absolute atomic E-state index is 0.771. The normalized spacial score (nSPS) is 10.4. The van der Waals surface area contributed by atoms with Crippen LogP contribution in [0.1, 0.15) is 5.56 Å². The van der Waals surface area contributed by atoms with E-state index >= 15 is 0 Å². The summed E-state index contributed by atoms with van der Waals surface area (Å²) in [6.45, 7) is 0.791. The van der Waals surface area contributed by atoms with Gasteiger partial charge in [0.15, 0.2) is 0 Å². The lowest BCUT2D eigenvalue weighted by Gasteiger charge is -2.11. The smallest absolute Gasteiger partial charge is 0.0430 e. The summed E-state index contributed by atoms with van der Waals surface area (Å²) in [5.74, 6) is 0. The molecule has 20 heavy (non-hydrogen) atoms. The second kappa shape index (κ2) is 6.12. The number of hydrogen-bond donors (Lipinski definition) is 1. The molecular weight excluding hydrogens is 286 g/mol. The lowest BCUT2D eigenvalue weighted by molar-refractivity contribution is 1.15. The third-order valence-corrected chi connectivity index (χ3v) is 4.27. The minimum Gasteiger partial charge on any atom is -0.380 e. The van der Waals surface area contributed by atoms with Crippen molar-refractivity contribution >= 4 is 28.6 Å². The van der Waals surface area contributed by atoms with Crippen molar-refractivity contribution < 1.29 is 0 Å². The van der Waals surface area contributed by atoms with Crippen LogP contribution < -0.4 is 5.32 Å². The number of thiophene rings is 1. The van der Waals surface area contributed by atoms with Crippen molar-refractivity contribution in [1.82, 2.24) is 0 Å². The van der Waals surface area contributed by atoms with Crippen LogP contribution in [0.2, 0.25) is 5.02 Å². The van der Waals surface area contributed by atoms with E-state index in [9.17, 15) is 0 Å². The van der Waals surface area contributed by atoms with Crippen LogP contribution in [0.4, 0.5) is 5.69 Å². The molecule has 0 fully saturated rings. The highest BCUT2D eigenvalue weighted by Crippen LogP contribution is 2.31. The Morgan fingerprint density at radius 3 is 2.45 bits per heavy atom. The van der Waals surface area contributed by atoms with E-state index in [0.717, 1.165) is 17.3 Å². The summed E-state index contributed by atoms with van der Waals surface area (Å²) < 4.78 is 0. The Hall–Kier alpha value is -1.77. The third-order valence-electron chi connectivity index (χ3n) is 3.11. The molecule has 1 N–H and O–H groups in total. The van der Waals surface area contributed by atoms with Crippen LogP contribution in [0.3, 0.4) is 0 Å². The molecule has 1 nitrogen and oxygen atoms in total. The number of halogens is 1. The van der Waals surface area contributed by atoms with Gasteiger partial charge in [0.05, 0.1) is 0 Å². The fourth-order valence-corrected chi connectivity index (χ4v) is 2.98. The summed E-state index contributed by atoms with van der Waals surface area (Å²) in [6.07, 6.45) is 0. The highest BCUT2D eigenvalue weighted by molar-refractivity contribution is 7.13. The van der Waals surface area contributed by atoms with E-state index in [2.05, 4.69) is 47.1 Å². The van der Waals surface area contributed by atoms with Crippen LogP contribution >= 0.6 is 22.9 Å². The predicted molar refractivity (Wildman–Crippen MR) is 88.5 cm³/mol. The molecule has 0 aliphatic rings. The van der Waals surface area contributed by atoms with Crippen LogP contribution in [0, 0.1) is 0 Å². The van der Waals surface area contributed by atoms with Gasteiger partial charge in [-0.05, 0) is 35.2 Å². The lowest BCUT2D eigenvalue weighted by Crippen LogP contribution is -2.00. The Kier molecular flexibility index (Phi) is 4.05. The van der Waals surface area contributed by atoms with Crippen molar-refractivity contribution in [3.8, 4) is 10.4 Å². The number of para-hydroxylation sites is 1. The molecule has 0 atom stereocenters. The van der Waals surface area contributed by atoms with Crippen LogP contribution in [0.15, 0.2) is 66.0 Å². The first-order valence-electron chi connectivity index (χ1n) is 6.44. The fraction of sp³-hybridized carbons (Fsp3) is 0.0588. The molecule has 3 rings (SSSR count). The second-order valence-corrected chi connectivity index (χ2v) is 5.89. The average molecular weight is 300 g/mol. The van der Waals surface area contributed by atoms with Gasteiger partial charge >= 0.3 is 0 Å². The maximum atomic E-state index is 5.90. The number of anilines is 1. The van der Waals surface area contributed by atoms with Gasteiger partial charge in [0.1, 0.15) is 0 Å². The molecule has 0 amide bonds. The monoisotopic (exact) mass is 299 g/mol. The third kappa shape index (κ3) is 3.03. The number of benzene rings is 2. The molecular formula is C17H14ClNS. The van der Waals surface area contributed by atoms with Gasteiger partial charge in [-0.1, -0.05) is 48.0 Å². The summed E-state index contributed by atoms with van der Waals surface area (Å²) in [5, 5.41) is 6.37. The molecule has 2 aromatic carbocycles. The highest BCUT2D eigenvalue weighted by Gasteiger charge is 2.04. The van der Waals surface area contributed by atoms with Gasteiger partial charge in [-0.25, -0.2) is 0 Å². The van der Waals surface area contributed by atoms with Crippen molar-refractivity contribution in [3.05, 3.63) is 76.6 Å².